The molecule has 1 aliphatic carbocycles. The van der Waals surface area contributed by atoms with Crippen LogP contribution in [0.5, 0.6) is 0 Å². The van der Waals surface area contributed by atoms with Gasteiger partial charge in [0.15, 0.2) is 0 Å². The maximum absolute atomic E-state index is 12.8. The fourth-order valence-electron chi connectivity index (χ4n) is 2.74. The molecule has 20 heavy (non-hydrogen) atoms. The Labute approximate surface area is 122 Å². The molecule has 1 aromatic rings. The lowest BCUT2D eigenvalue weighted by atomic mass is 10.0. The van der Waals surface area contributed by atoms with Crippen molar-refractivity contribution in [1.29, 1.82) is 0 Å². The van der Waals surface area contributed by atoms with Crippen LogP contribution in [0.3, 0.4) is 0 Å². The van der Waals surface area contributed by atoms with Crippen LogP contribution in [-0.4, -0.2) is 34.3 Å². The first-order valence-electron chi connectivity index (χ1n) is 7.01. The van der Waals surface area contributed by atoms with Crippen molar-refractivity contribution in [1.82, 2.24) is 15.2 Å². The van der Waals surface area contributed by atoms with Crippen LogP contribution in [0.1, 0.15) is 38.1 Å². The Morgan fingerprint density at radius 2 is 2.15 bits per heavy atom. The summed E-state index contributed by atoms with van der Waals surface area (Å²) in [6.07, 6.45) is 4.18. The standard InChI is InChI=1S/C14H19N3O2S/c1-14(2,13-15-6-8-20-13)17-7-5-10(18)16-11(12(17)19)9-3-4-9/h6,8-9,11H,3-5,7H2,1-2H3,(H,16,18). The predicted molar refractivity (Wildman–Crippen MR) is 76.1 cm³/mol. The minimum absolute atomic E-state index is 0.0207. The number of thiazole rings is 1. The Hall–Kier alpha value is -1.43. The molecule has 1 aromatic heterocycles. The highest BCUT2D eigenvalue weighted by atomic mass is 32.1. The Bertz CT molecular complexity index is 523. The number of rotatable bonds is 3. The van der Waals surface area contributed by atoms with Gasteiger partial charge in [0.1, 0.15) is 11.0 Å². The van der Waals surface area contributed by atoms with Crippen molar-refractivity contribution >= 4 is 23.2 Å². The van der Waals surface area contributed by atoms with E-state index in [0.717, 1.165) is 17.8 Å². The van der Waals surface area contributed by atoms with Crippen molar-refractivity contribution in [2.45, 2.75) is 44.7 Å². The zero-order valence-corrected chi connectivity index (χ0v) is 12.6. The van der Waals surface area contributed by atoms with Gasteiger partial charge in [-0.15, -0.1) is 11.3 Å². The number of hydrogen-bond donors (Lipinski definition) is 1. The lowest BCUT2D eigenvalue weighted by molar-refractivity contribution is -0.139. The molecule has 0 spiro atoms. The van der Waals surface area contributed by atoms with Crippen LogP contribution in [0.2, 0.25) is 0 Å². The highest BCUT2D eigenvalue weighted by molar-refractivity contribution is 7.09. The van der Waals surface area contributed by atoms with E-state index in [1.54, 1.807) is 17.5 Å². The average Bonchev–Trinajstić information content (AvgIpc) is 3.10. The monoisotopic (exact) mass is 293 g/mol. The van der Waals surface area contributed by atoms with Crippen LogP contribution in [-0.2, 0) is 15.1 Å². The summed E-state index contributed by atoms with van der Waals surface area (Å²) in [5.41, 5.74) is -0.468. The fourth-order valence-corrected chi connectivity index (χ4v) is 3.51. The second-order valence-electron chi connectivity index (χ2n) is 6.02. The van der Waals surface area contributed by atoms with Crippen molar-refractivity contribution in [3.05, 3.63) is 16.6 Å². The van der Waals surface area contributed by atoms with Gasteiger partial charge in [-0.25, -0.2) is 4.98 Å². The van der Waals surface area contributed by atoms with Crippen molar-refractivity contribution in [3.8, 4) is 0 Å². The molecule has 1 saturated heterocycles. The zero-order valence-electron chi connectivity index (χ0n) is 11.8. The molecule has 2 aliphatic rings. The molecule has 0 radical (unpaired) electrons. The van der Waals surface area contributed by atoms with Gasteiger partial charge in [0, 0.05) is 24.5 Å². The molecule has 1 N–H and O–H groups in total. The maximum Gasteiger partial charge on any atom is 0.246 e. The zero-order chi connectivity index (χ0) is 14.3. The van der Waals surface area contributed by atoms with E-state index in [9.17, 15) is 9.59 Å². The molecular formula is C14H19N3O2S. The van der Waals surface area contributed by atoms with Crippen molar-refractivity contribution in [2.75, 3.05) is 6.54 Å². The number of amides is 2. The van der Waals surface area contributed by atoms with E-state index in [4.69, 9.17) is 0 Å². The molecule has 6 heteroatoms. The van der Waals surface area contributed by atoms with Gasteiger partial charge in [0.2, 0.25) is 11.8 Å². The van der Waals surface area contributed by atoms with Crippen molar-refractivity contribution in [2.24, 2.45) is 5.92 Å². The molecule has 2 heterocycles. The van der Waals surface area contributed by atoms with E-state index in [2.05, 4.69) is 10.3 Å². The van der Waals surface area contributed by atoms with Gasteiger partial charge in [-0.2, -0.15) is 0 Å². The molecule has 108 valence electrons. The molecule has 5 nitrogen and oxygen atoms in total. The predicted octanol–water partition coefficient (Wildman–Crippen LogP) is 1.51. The molecule has 2 fully saturated rings. The van der Waals surface area contributed by atoms with Crippen LogP contribution >= 0.6 is 11.3 Å². The summed E-state index contributed by atoms with van der Waals surface area (Å²) in [7, 11) is 0. The molecule has 1 unspecified atom stereocenters. The van der Waals surface area contributed by atoms with E-state index < -0.39 is 5.54 Å². The number of nitrogens with zero attached hydrogens (tertiary/aromatic N) is 2. The summed E-state index contributed by atoms with van der Waals surface area (Å²) in [6, 6.07) is -0.343. The third-order valence-electron chi connectivity index (χ3n) is 4.13. The van der Waals surface area contributed by atoms with Crippen molar-refractivity contribution < 1.29 is 9.59 Å². The number of carbonyl (C=O) groups is 2. The van der Waals surface area contributed by atoms with Gasteiger partial charge in [-0.05, 0) is 32.6 Å². The fraction of sp³-hybridized carbons (Fsp3) is 0.643. The summed E-state index contributed by atoms with van der Waals surface area (Å²) in [5.74, 6) is 0.338. The molecule has 3 rings (SSSR count). The largest absolute Gasteiger partial charge is 0.344 e. The van der Waals surface area contributed by atoms with E-state index in [1.165, 1.54) is 0 Å². The van der Waals surface area contributed by atoms with Gasteiger partial charge in [0.05, 0.1) is 5.54 Å². The highest BCUT2D eigenvalue weighted by Gasteiger charge is 2.45. The van der Waals surface area contributed by atoms with E-state index in [-0.39, 0.29) is 17.9 Å². The second kappa shape index (κ2) is 4.84. The minimum atomic E-state index is -0.468. The van der Waals surface area contributed by atoms with Crippen LogP contribution in [0.25, 0.3) is 0 Å². The van der Waals surface area contributed by atoms with E-state index >= 15 is 0 Å². The third-order valence-corrected chi connectivity index (χ3v) is 5.22. The van der Waals surface area contributed by atoms with Crippen LogP contribution in [0.4, 0.5) is 0 Å². The Morgan fingerprint density at radius 1 is 1.40 bits per heavy atom. The Morgan fingerprint density at radius 3 is 2.75 bits per heavy atom. The maximum atomic E-state index is 12.8. The summed E-state index contributed by atoms with van der Waals surface area (Å²) in [6.45, 7) is 4.47. The van der Waals surface area contributed by atoms with Gasteiger partial charge in [-0.3, -0.25) is 9.59 Å². The molecule has 0 aromatic carbocycles. The first kappa shape index (κ1) is 13.5. The summed E-state index contributed by atoms with van der Waals surface area (Å²) < 4.78 is 0. The van der Waals surface area contributed by atoms with Crippen LogP contribution in [0.15, 0.2) is 11.6 Å². The number of carbonyl (C=O) groups excluding carboxylic acids is 2. The first-order valence-corrected chi connectivity index (χ1v) is 7.89. The number of hydrogen-bond acceptors (Lipinski definition) is 4. The summed E-state index contributed by atoms with van der Waals surface area (Å²) >= 11 is 1.55. The summed E-state index contributed by atoms with van der Waals surface area (Å²) in [4.78, 5) is 30.8. The number of aromatic nitrogens is 1. The lowest BCUT2D eigenvalue weighted by Gasteiger charge is -2.37. The topological polar surface area (TPSA) is 62.3 Å². The smallest absolute Gasteiger partial charge is 0.246 e. The molecule has 1 aliphatic heterocycles. The number of nitrogens with one attached hydrogen (secondary N) is 1. The average molecular weight is 293 g/mol. The minimum Gasteiger partial charge on any atom is -0.344 e. The molecule has 0 bridgehead atoms. The molecule has 1 saturated carbocycles. The highest BCUT2D eigenvalue weighted by Crippen LogP contribution is 2.37. The Balaban J connectivity index is 1.90. The van der Waals surface area contributed by atoms with Gasteiger partial charge in [-0.1, -0.05) is 0 Å². The van der Waals surface area contributed by atoms with Crippen LogP contribution in [0, 0.1) is 5.92 Å². The molecule has 2 amide bonds. The van der Waals surface area contributed by atoms with Gasteiger partial charge in [0.25, 0.3) is 0 Å². The quantitative estimate of drug-likeness (QED) is 0.919. The normalized spacial score (nSPS) is 24.5. The lowest BCUT2D eigenvalue weighted by Crippen LogP contribution is -2.52. The molecule has 1 atom stereocenters. The van der Waals surface area contributed by atoms with Crippen LogP contribution < -0.4 is 5.32 Å². The Kier molecular flexibility index (Phi) is 3.28. The van der Waals surface area contributed by atoms with Gasteiger partial charge < -0.3 is 10.2 Å². The van der Waals surface area contributed by atoms with Crippen molar-refractivity contribution in [3.63, 3.8) is 0 Å². The van der Waals surface area contributed by atoms with E-state index in [1.807, 2.05) is 24.1 Å². The second-order valence-corrected chi connectivity index (χ2v) is 6.91. The van der Waals surface area contributed by atoms with Gasteiger partial charge >= 0.3 is 0 Å². The van der Waals surface area contributed by atoms with E-state index in [0.29, 0.717) is 18.9 Å². The molecular weight excluding hydrogens is 274 g/mol. The summed E-state index contributed by atoms with van der Waals surface area (Å²) in [5, 5.41) is 5.72. The third kappa shape index (κ3) is 2.32. The SMILES string of the molecule is CC(C)(c1nccs1)N1CCC(=O)NC(C2CC2)C1=O. The first-order chi connectivity index (χ1) is 9.50.